The van der Waals surface area contributed by atoms with E-state index < -0.39 is 5.97 Å². The molecule has 2 rings (SSSR count). The molecule has 0 saturated carbocycles. The van der Waals surface area contributed by atoms with Crippen molar-refractivity contribution in [1.82, 2.24) is 4.98 Å². The second-order valence-electron chi connectivity index (χ2n) is 4.13. The highest BCUT2D eigenvalue weighted by molar-refractivity contribution is 9.10. The summed E-state index contributed by atoms with van der Waals surface area (Å²) in [5, 5.41) is 14.5. The fraction of sp³-hybridized carbons (Fsp3) is 0.231. The van der Waals surface area contributed by atoms with Crippen LogP contribution in [0.4, 0.5) is 10.8 Å². The summed E-state index contributed by atoms with van der Waals surface area (Å²) in [4.78, 5) is 14.9. The molecule has 0 unspecified atom stereocenters. The first-order valence-corrected chi connectivity index (χ1v) is 7.41. The molecule has 0 aliphatic carbocycles. The van der Waals surface area contributed by atoms with Crippen molar-refractivity contribution in [3.05, 3.63) is 39.3 Å². The van der Waals surface area contributed by atoms with Gasteiger partial charge in [0.15, 0.2) is 5.13 Å². The minimum atomic E-state index is -0.801. The first-order chi connectivity index (χ1) is 9.04. The van der Waals surface area contributed by atoms with Gasteiger partial charge >= 0.3 is 5.97 Å². The van der Waals surface area contributed by atoms with Gasteiger partial charge in [0.05, 0.1) is 12.1 Å². The van der Waals surface area contributed by atoms with Crippen molar-refractivity contribution in [2.75, 3.05) is 5.32 Å². The van der Waals surface area contributed by atoms with Crippen LogP contribution in [0.2, 0.25) is 0 Å². The molecule has 0 aliphatic heterocycles. The van der Waals surface area contributed by atoms with Crippen molar-refractivity contribution < 1.29 is 9.90 Å². The normalized spacial score (nSPS) is 10.4. The summed E-state index contributed by atoms with van der Waals surface area (Å²) in [6, 6.07) is 6.00. The lowest BCUT2D eigenvalue weighted by molar-refractivity contribution is -0.136. The molecule has 0 aliphatic rings. The average Bonchev–Trinajstić information content (AvgIpc) is 2.79. The van der Waals surface area contributed by atoms with Gasteiger partial charge in [0.25, 0.3) is 0 Å². The number of rotatable bonds is 5. The number of halogens is 1. The number of nitrogens with zero attached hydrogens (tertiary/aromatic N) is 1. The van der Waals surface area contributed by atoms with Gasteiger partial charge in [0.2, 0.25) is 0 Å². The van der Waals surface area contributed by atoms with Crippen molar-refractivity contribution in [2.24, 2.45) is 0 Å². The maximum absolute atomic E-state index is 10.5. The maximum Gasteiger partial charge on any atom is 0.303 e. The summed E-state index contributed by atoms with van der Waals surface area (Å²) < 4.78 is 1.04. The Morgan fingerprint density at radius 1 is 1.53 bits per heavy atom. The van der Waals surface area contributed by atoms with Crippen LogP contribution in [0.5, 0.6) is 0 Å². The van der Waals surface area contributed by atoms with Crippen molar-refractivity contribution in [3.8, 4) is 0 Å². The van der Waals surface area contributed by atoms with Gasteiger partial charge in [0, 0.05) is 22.0 Å². The number of aromatic nitrogens is 1. The zero-order chi connectivity index (χ0) is 13.8. The predicted molar refractivity (Wildman–Crippen MR) is 80.2 cm³/mol. The lowest BCUT2D eigenvalue weighted by atomic mass is 10.2. The van der Waals surface area contributed by atoms with Gasteiger partial charge in [-0.1, -0.05) is 22.0 Å². The molecular weight excluding hydrogens is 328 g/mol. The van der Waals surface area contributed by atoms with E-state index in [0.717, 1.165) is 21.0 Å². The first kappa shape index (κ1) is 14.0. The zero-order valence-electron chi connectivity index (χ0n) is 10.3. The van der Waals surface area contributed by atoms with E-state index in [1.807, 2.05) is 30.5 Å². The number of hydrogen-bond acceptors (Lipinski definition) is 4. The summed E-state index contributed by atoms with van der Waals surface area (Å²) >= 11 is 4.96. The minimum Gasteiger partial charge on any atom is -0.481 e. The number of aliphatic carboxylic acids is 1. The fourth-order valence-corrected chi connectivity index (χ4v) is 2.65. The van der Waals surface area contributed by atoms with Crippen LogP contribution in [0.1, 0.15) is 17.7 Å². The Labute approximate surface area is 123 Å². The standard InChI is InChI=1S/C13H13BrN2O2S/c1-8-2-3-9(6-11(8)14)15-13-16-10(7-19-13)4-5-12(17)18/h2-3,6-7H,4-5H2,1H3,(H,15,16)(H,17,18). The molecule has 4 nitrogen and oxygen atoms in total. The van der Waals surface area contributed by atoms with Crippen molar-refractivity contribution in [2.45, 2.75) is 19.8 Å². The summed E-state index contributed by atoms with van der Waals surface area (Å²) in [5.74, 6) is -0.801. The Hall–Kier alpha value is -1.40. The lowest BCUT2D eigenvalue weighted by Gasteiger charge is -2.04. The lowest BCUT2D eigenvalue weighted by Crippen LogP contribution is -1.98. The predicted octanol–water partition coefficient (Wildman–Crippen LogP) is 3.97. The topological polar surface area (TPSA) is 62.2 Å². The van der Waals surface area contributed by atoms with Crippen LogP contribution in [0.15, 0.2) is 28.1 Å². The maximum atomic E-state index is 10.5. The monoisotopic (exact) mass is 340 g/mol. The molecule has 0 bridgehead atoms. The molecule has 0 atom stereocenters. The van der Waals surface area contributed by atoms with E-state index in [1.165, 1.54) is 16.9 Å². The van der Waals surface area contributed by atoms with Crippen molar-refractivity contribution in [1.29, 1.82) is 0 Å². The number of nitrogens with one attached hydrogen (secondary N) is 1. The highest BCUT2D eigenvalue weighted by atomic mass is 79.9. The summed E-state index contributed by atoms with van der Waals surface area (Å²) in [6.45, 7) is 2.03. The van der Waals surface area contributed by atoms with Gasteiger partial charge in [0.1, 0.15) is 0 Å². The average molecular weight is 341 g/mol. The van der Waals surface area contributed by atoms with E-state index in [1.54, 1.807) is 0 Å². The molecule has 2 N–H and O–H groups in total. The second-order valence-corrected chi connectivity index (χ2v) is 5.84. The second kappa shape index (κ2) is 6.16. The Bertz CT molecular complexity index is 598. The number of carbonyl (C=O) groups is 1. The molecule has 2 aromatic rings. The van der Waals surface area contributed by atoms with Gasteiger partial charge in [-0.3, -0.25) is 4.79 Å². The number of carboxylic acids is 1. The number of benzene rings is 1. The zero-order valence-corrected chi connectivity index (χ0v) is 12.7. The van der Waals surface area contributed by atoms with Crippen LogP contribution >= 0.6 is 27.3 Å². The van der Waals surface area contributed by atoms with E-state index in [2.05, 4.69) is 26.2 Å². The molecule has 1 aromatic heterocycles. The summed E-state index contributed by atoms with van der Waals surface area (Å²) in [7, 11) is 0. The molecule has 0 fully saturated rings. The highest BCUT2D eigenvalue weighted by Crippen LogP contribution is 2.25. The minimum absolute atomic E-state index is 0.110. The van der Waals surface area contributed by atoms with Crippen LogP contribution in [-0.4, -0.2) is 16.1 Å². The fourth-order valence-electron chi connectivity index (χ4n) is 1.51. The van der Waals surface area contributed by atoms with E-state index in [-0.39, 0.29) is 6.42 Å². The van der Waals surface area contributed by atoms with Gasteiger partial charge in [-0.2, -0.15) is 0 Å². The van der Waals surface area contributed by atoms with Gasteiger partial charge in [-0.15, -0.1) is 11.3 Å². The molecule has 1 heterocycles. The SMILES string of the molecule is Cc1ccc(Nc2nc(CCC(=O)O)cs2)cc1Br. The van der Waals surface area contributed by atoms with E-state index in [4.69, 9.17) is 5.11 Å². The quantitative estimate of drug-likeness (QED) is 0.864. The molecule has 0 spiro atoms. The van der Waals surface area contributed by atoms with E-state index in [9.17, 15) is 4.79 Å². The molecule has 0 saturated heterocycles. The molecule has 1 aromatic carbocycles. The Kier molecular flexibility index (Phi) is 4.55. The van der Waals surface area contributed by atoms with Gasteiger partial charge in [-0.05, 0) is 24.6 Å². The summed E-state index contributed by atoms with van der Waals surface area (Å²) in [6.07, 6.45) is 0.574. The number of hydrogen-bond donors (Lipinski definition) is 2. The number of aryl methyl sites for hydroxylation is 2. The molecule has 100 valence electrons. The molecular formula is C13H13BrN2O2S. The van der Waals surface area contributed by atoms with Crippen LogP contribution in [-0.2, 0) is 11.2 Å². The first-order valence-electron chi connectivity index (χ1n) is 5.74. The van der Waals surface area contributed by atoms with Crippen LogP contribution in [0, 0.1) is 6.92 Å². The smallest absolute Gasteiger partial charge is 0.303 e. The van der Waals surface area contributed by atoms with E-state index >= 15 is 0 Å². The number of anilines is 2. The third-order valence-corrected chi connectivity index (χ3v) is 4.23. The third-order valence-electron chi connectivity index (χ3n) is 2.57. The Balaban J connectivity index is 2.02. The molecule has 19 heavy (non-hydrogen) atoms. The Morgan fingerprint density at radius 2 is 2.32 bits per heavy atom. The third kappa shape index (κ3) is 4.04. The van der Waals surface area contributed by atoms with Gasteiger partial charge < -0.3 is 10.4 Å². The number of thiazole rings is 1. The number of carboxylic acid groups (broad SMARTS) is 1. The van der Waals surface area contributed by atoms with Gasteiger partial charge in [-0.25, -0.2) is 4.98 Å². The van der Waals surface area contributed by atoms with Crippen LogP contribution in [0.25, 0.3) is 0 Å². The summed E-state index contributed by atoms with van der Waals surface area (Å²) in [5.41, 5.74) is 2.93. The van der Waals surface area contributed by atoms with E-state index in [0.29, 0.717) is 6.42 Å². The van der Waals surface area contributed by atoms with Crippen molar-refractivity contribution >= 4 is 44.1 Å². The molecule has 0 amide bonds. The largest absolute Gasteiger partial charge is 0.481 e. The van der Waals surface area contributed by atoms with Crippen LogP contribution < -0.4 is 5.32 Å². The van der Waals surface area contributed by atoms with Crippen molar-refractivity contribution in [3.63, 3.8) is 0 Å². The Morgan fingerprint density at radius 3 is 3.00 bits per heavy atom. The van der Waals surface area contributed by atoms with Crippen LogP contribution in [0.3, 0.4) is 0 Å². The highest BCUT2D eigenvalue weighted by Gasteiger charge is 2.05. The molecule has 0 radical (unpaired) electrons. The molecule has 6 heteroatoms.